The second-order valence-electron chi connectivity index (χ2n) is 19.0. The number of aliphatic hydroxyl groups is 11. The number of hydrogen-bond donors (Lipinski definition) is 12. The molecule has 19 heteroatoms. The van der Waals surface area contributed by atoms with Crippen LogP contribution >= 0.6 is 0 Å². The highest BCUT2D eigenvalue weighted by atomic mass is 16.8. The summed E-state index contributed by atoms with van der Waals surface area (Å²) < 4.78 is 34.1. The molecule has 0 spiro atoms. The van der Waals surface area contributed by atoms with E-state index in [1.807, 2.05) is 6.08 Å². The zero-order valence-electron chi connectivity index (χ0n) is 41.3. The van der Waals surface area contributed by atoms with Gasteiger partial charge in [-0.3, -0.25) is 4.79 Å². The van der Waals surface area contributed by atoms with Crippen molar-refractivity contribution in [2.45, 2.75) is 259 Å². The number of aliphatic hydroxyl groups excluding tert-OH is 11. The SMILES string of the molecule is CCCCC/C=C\CCCCCCCC(=O)NC(COC1OC(CO)C(OC2OC(CO)C(OC3OC(CO)C(O)C(O)C3O)C(O)C2O)C(O)C1O)C(O)/C=C/CCCCCCCCCCCC. The van der Waals surface area contributed by atoms with E-state index in [2.05, 4.69) is 31.3 Å². The third-order valence-corrected chi connectivity index (χ3v) is 13.2. The minimum atomic E-state index is -1.98. The van der Waals surface area contributed by atoms with Crippen molar-refractivity contribution in [3.05, 3.63) is 24.3 Å². The van der Waals surface area contributed by atoms with Gasteiger partial charge in [0.2, 0.25) is 5.91 Å². The molecule has 0 bridgehead atoms. The molecule has 0 aromatic carbocycles. The van der Waals surface area contributed by atoms with Gasteiger partial charge in [-0.15, -0.1) is 0 Å². The first-order valence-corrected chi connectivity index (χ1v) is 26.1. The summed E-state index contributed by atoms with van der Waals surface area (Å²) >= 11 is 0. The zero-order chi connectivity index (χ0) is 50.6. The zero-order valence-corrected chi connectivity index (χ0v) is 41.3. The first-order chi connectivity index (χ1) is 33.3. The molecule has 0 aliphatic carbocycles. The summed E-state index contributed by atoms with van der Waals surface area (Å²) in [5, 5.41) is 120. The summed E-state index contributed by atoms with van der Waals surface area (Å²) in [6.45, 7) is 1.64. The fourth-order valence-electron chi connectivity index (χ4n) is 8.83. The Morgan fingerprint density at radius 3 is 1.43 bits per heavy atom. The molecule has 3 aliphatic heterocycles. The van der Waals surface area contributed by atoms with Gasteiger partial charge < -0.3 is 89.9 Å². The van der Waals surface area contributed by atoms with Crippen molar-refractivity contribution >= 4 is 5.91 Å². The standard InChI is InChI=1S/C50H91NO18/c1-3-5-7-9-11-13-15-17-19-21-23-25-27-34(55)33(51-38(56)28-26-24-22-20-18-16-14-12-10-8-6-4-2)32-64-48-44(62)41(59)46(36(30-53)66-48)69-50-45(63)42(60)47(37(31-54)67-50)68-49-43(61)40(58)39(57)35(29-52)65-49/h12,14,25,27,33-37,39-50,52-55,57-63H,3-11,13,15-24,26,28-32H2,1-2H3,(H,51,56)/b14-12-,27-25+. The lowest BCUT2D eigenvalue weighted by molar-refractivity contribution is -0.379. The number of allylic oxidation sites excluding steroid dienone is 3. The number of nitrogens with one attached hydrogen (secondary N) is 1. The molecular formula is C50H91NO18. The van der Waals surface area contributed by atoms with Gasteiger partial charge in [0.15, 0.2) is 18.9 Å². The first-order valence-electron chi connectivity index (χ1n) is 26.1. The van der Waals surface area contributed by atoms with Gasteiger partial charge in [-0.2, -0.15) is 0 Å². The van der Waals surface area contributed by atoms with E-state index < -0.39 is 124 Å². The van der Waals surface area contributed by atoms with Crippen LogP contribution in [0.5, 0.6) is 0 Å². The largest absolute Gasteiger partial charge is 0.394 e. The molecule has 17 unspecified atom stereocenters. The summed E-state index contributed by atoms with van der Waals surface area (Å²) in [6.07, 6.45) is 4.69. The number of carbonyl (C=O) groups excluding carboxylic acids is 1. The Hall–Kier alpha value is -1.73. The summed E-state index contributed by atoms with van der Waals surface area (Å²) in [5.41, 5.74) is 0. The highest BCUT2D eigenvalue weighted by Crippen LogP contribution is 2.33. The van der Waals surface area contributed by atoms with Crippen molar-refractivity contribution in [3.63, 3.8) is 0 Å². The van der Waals surface area contributed by atoms with Gasteiger partial charge in [0.25, 0.3) is 0 Å². The van der Waals surface area contributed by atoms with Crippen molar-refractivity contribution in [1.82, 2.24) is 5.32 Å². The van der Waals surface area contributed by atoms with E-state index in [-0.39, 0.29) is 18.9 Å². The molecule has 3 rings (SSSR count). The van der Waals surface area contributed by atoms with E-state index in [9.17, 15) is 61.0 Å². The van der Waals surface area contributed by atoms with E-state index in [4.69, 9.17) is 28.4 Å². The molecule has 3 fully saturated rings. The van der Waals surface area contributed by atoms with Gasteiger partial charge in [0.05, 0.1) is 38.6 Å². The van der Waals surface area contributed by atoms with Crippen molar-refractivity contribution in [2.24, 2.45) is 0 Å². The molecular weight excluding hydrogens is 903 g/mol. The molecule has 19 nitrogen and oxygen atoms in total. The minimum Gasteiger partial charge on any atom is -0.394 e. The van der Waals surface area contributed by atoms with E-state index in [0.29, 0.717) is 6.42 Å². The summed E-state index contributed by atoms with van der Waals surface area (Å²) in [5.74, 6) is -0.289. The van der Waals surface area contributed by atoms with Crippen LogP contribution in [0.25, 0.3) is 0 Å². The molecule has 0 radical (unpaired) electrons. The van der Waals surface area contributed by atoms with E-state index >= 15 is 0 Å². The van der Waals surface area contributed by atoms with Gasteiger partial charge >= 0.3 is 0 Å². The minimum absolute atomic E-state index is 0.233. The Kier molecular flexibility index (Phi) is 31.6. The molecule has 3 heterocycles. The lowest BCUT2D eigenvalue weighted by atomic mass is 9.96. The molecule has 1 amide bonds. The second-order valence-corrected chi connectivity index (χ2v) is 19.0. The summed E-state index contributed by atoms with van der Waals surface area (Å²) in [4.78, 5) is 13.2. The van der Waals surface area contributed by atoms with Crippen molar-refractivity contribution in [3.8, 4) is 0 Å². The Morgan fingerprint density at radius 2 is 0.913 bits per heavy atom. The molecule has 69 heavy (non-hydrogen) atoms. The van der Waals surface area contributed by atoms with Crippen LogP contribution in [0.1, 0.15) is 155 Å². The van der Waals surface area contributed by atoms with E-state index in [0.717, 1.165) is 64.2 Å². The first kappa shape index (κ1) is 61.6. The number of carbonyl (C=O) groups is 1. The Labute approximate surface area is 409 Å². The molecule has 17 atom stereocenters. The van der Waals surface area contributed by atoms with Crippen molar-refractivity contribution < 1.29 is 89.4 Å². The van der Waals surface area contributed by atoms with Crippen LogP contribution in [0.2, 0.25) is 0 Å². The quantitative estimate of drug-likeness (QED) is 0.0316. The third kappa shape index (κ3) is 21.3. The molecule has 0 aromatic heterocycles. The predicted octanol–water partition coefficient (Wildman–Crippen LogP) is 2.03. The number of hydrogen-bond acceptors (Lipinski definition) is 18. The van der Waals surface area contributed by atoms with Crippen molar-refractivity contribution in [2.75, 3.05) is 26.4 Å². The number of rotatable bonds is 36. The van der Waals surface area contributed by atoms with Crippen LogP contribution in [-0.2, 0) is 33.2 Å². The van der Waals surface area contributed by atoms with Crippen LogP contribution in [0.15, 0.2) is 24.3 Å². The van der Waals surface area contributed by atoms with Gasteiger partial charge in [-0.25, -0.2) is 0 Å². The fourth-order valence-corrected chi connectivity index (χ4v) is 8.83. The van der Waals surface area contributed by atoms with E-state index in [1.165, 1.54) is 64.2 Å². The molecule has 0 saturated carbocycles. The van der Waals surface area contributed by atoms with Gasteiger partial charge in [0.1, 0.15) is 73.2 Å². The number of amides is 1. The average molecular weight is 994 g/mol. The van der Waals surface area contributed by atoms with Crippen LogP contribution in [-0.4, -0.2) is 193 Å². The van der Waals surface area contributed by atoms with Crippen LogP contribution in [0, 0.1) is 0 Å². The maximum atomic E-state index is 13.2. The van der Waals surface area contributed by atoms with E-state index in [1.54, 1.807) is 6.08 Å². The normalized spacial score (nSPS) is 33.0. The monoisotopic (exact) mass is 994 g/mol. The number of unbranched alkanes of at least 4 members (excludes halogenated alkanes) is 18. The third-order valence-electron chi connectivity index (χ3n) is 13.2. The lowest BCUT2D eigenvalue weighted by Crippen LogP contribution is -2.66. The number of ether oxygens (including phenoxy) is 6. The maximum Gasteiger partial charge on any atom is 0.220 e. The highest BCUT2D eigenvalue weighted by Gasteiger charge is 2.53. The van der Waals surface area contributed by atoms with Crippen molar-refractivity contribution in [1.29, 1.82) is 0 Å². The highest BCUT2D eigenvalue weighted by molar-refractivity contribution is 5.76. The second kappa shape index (κ2) is 35.4. The Bertz CT molecular complexity index is 1380. The maximum absolute atomic E-state index is 13.2. The Morgan fingerprint density at radius 1 is 0.507 bits per heavy atom. The van der Waals surface area contributed by atoms with Crippen LogP contribution in [0.4, 0.5) is 0 Å². The summed E-state index contributed by atoms with van der Waals surface area (Å²) in [6, 6.07) is -0.971. The fraction of sp³-hybridized carbons (Fsp3) is 0.900. The van der Waals surface area contributed by atoms with Gasteiger partial charge in [0, 0.05) is 6.42 Å². The molecule has 0 aromatic rings. The van der Waals surface area contributed by atoms with Gasteiger partial charge in [-0.1, -0.05) is 128 Å². The van der Waals surface area contributed by atoms with Gasteiger partial charge in [-0.05, 0) is 44.9 Å². The summed E-state index contributed by atoms with van der Waals surface area (Å²) in [7, 11) is 0. The molecule has 404 valence electrons. The average Bonchev–Trinajstić information content (AvgIpc) is 3.34. The van der Waals surface area contributed by atoms with Crippen LogP contribution < -0.4 is 5.32 Å². The van der Waals surface area contributed by atoms with Crippen LogP contribution in [0.3, 0.4) is 0 Å². The molecule has 3 aliphatic rings. The molecule has 12 N–H and O–H groups in total. The topological polar surface area (TPSA) is 307 Å². The smallest absolute Gasteiger partial charge is 0.220 e. The Balaban J connectivity index is 1.57. The lowest BCUT2D eigenvalue weighted by Gasteiger charge is -2.48. The molecule has 3 saturated heterocycles. The predicted molar refractivity (Wildman–Crippen MR) is 254 cm³/mol.